The number of rotatable bonds is 2. The zero-order valence-electron chi connectivity index (χ0n) is 15.8. The van der Waals surface area contributed by atoms with Crippen LogP contribution in [0.15, 0.2) is 18.2 Å². The normalized spacial score (nSPS) is 17.4. The highest BCUT2D eigenvalue weighted by molar-refractivity contribution is 6.30. The van der Waals surface area contributed by atoms with Gasteiger partial charge in [-0.2, -0.15) is 0 Å². The lowest BCUT2D eigenvalue weighted by Gasteiger charge is -2.28. The Morgan fingerprint density at radius 1 is 1.14 bits per heavy atom. The van der Waals surface area contributed by atoms with Crippen molar-refractivity contribution in [3.05, 3.63) is 46.3 Å². The number of likely N-dealkylation sites (tertiary alicyclic amines) is 1. The molecule has 8 heteroatoms. The van der Waals surface area contributed by atoms with E-state index in [-0.39, 0.29) is 11.8 Å². The minimum absolute atomic E-state index is 0.0374. The molecule has 1 aromatic carbocycles. The third-order valence-corrected chi connectivity index (χ3v) is 5.37. The van der Waals surface area contributed by atoms with E-state index in [9.17, 15) is 9.18 Å². The largest absolute Gasteiger partial charge is 0.345 e. The summed E-state index contributed by atoms with van der Waals surface area (Å²) in [7, 11) is 1.77. The Morgan fingerprint density at radius 3 is 2.61 bits per heavy atom. The number of likely N-dealkylation sites (N-methyl/N-ethyl adjacent to an activating group) is 1. The van der Waals surface area contributed by atoms with Crippen LogP contribution in [0.4, 0.5) is 4.39 Å². The van der Waals surface area contributed by atoms with Crippen LogP contribution in [0.3, 0.4) is 0 Å². The van der Waals surface area contributed by atoms with Gasteiger partial charge in [-0.05, 0) is 38.5 Å². The Morgan fingerprint density at radius 2 is 1.89 bits per heavy atom. The number of halogens is 2. The monoisotopic (exact) mass is 399 g/mol. The standard InChI is InChI=1S/C20H19ClFN5O/c1-10-11(2)24-20-18(23-10)17(14-6-5-13(21)8-15(14)22)25-19(26-20)12-4-7-16(28)27(3)9-12/h5-6,8,12H,4,7,9H2,1-3H3. The van der Waals surface area contributed by atoms with Crippen LogP contribution < -0.4 is 0 Å². The van der Waals surface area contributed by atoms with Crippen LogP contribution in [0.2, 0.25) is 5.02 Å². The van der Waals surface area contributed by atoms with Crippen molar-refractivity contribution in [2.75, 3.05) is 13.6 Å². The highest BCUT2D eigenvalue weighted by Gasteiger charge is 2.28. The first kappa shape index (κ1) is 18.7. The van der Waals surface area contributed by atoms with Gasteiger partial charge in [-0.3, -0.25) is 4.79 Å². The molecule has 0 saturated carbocycles. The molecule has 4 rings (SSSR count). The maximum Gasteiger partial charge on any atom is 0.222 e. The summed E-state index contributed by atoms with van der Waals surface area (Å²) in [5, 5.41) is 0.311. The van der Waals surface area contributed by atoms with Crippen LogP contribution in [0.1, 0.15) is 36.0 Å². The van der Waals surface area contributed by atoms with Crippen molar-refractivity contribution in [2.24, 2.45) is 0 Å². The Kier molecular flexibility index (Phi) is 4.71. The van der Waals surface area contributed by atoms with Crippen molar-refractivity contribution in [1.29, 1.82) is 0 Å². The van der Waals surface area contributed by atoms with E-state index >= 15 is 0 Å². The third-order valence-electron chi connectivity index (χ3n) is 5.14. The summed E-state index contributed by atoms with van der Waals surface area (Å²) < 4.78 is 14.7. The van der Waals surface area contributed by atoms with E-state index in [1.54, 1.807) is 24.1 Å². The SMILES string of the molecule is Cc1nc2nc(C3CCC(=O)N(C)C3)nc(-c3ccc(Cl)cc3F)c2nc1C. The number of hydrogen-bond acceptors (Lipinski definition) is 5. The lowest BCUT2D eigenvalue weighted by Crippen LogP contribution is -2.36. The molecule has 144 valence electrons. The number of carbonyl (C=O) groups is 1. The third kappa shape index (κ3) is 3.30. The fourth-order valence-electron chi connectivity index (χ4n) is 3.40. The topological polar surface area (TPSA) is 71.9 Å². The van der Waals surface area contributed by atoms with Gasteiger partial charge in [-0.15, -0.1) is 0 Å². The molecule has 2 aromatic heterocycles. The molecule has 0 N–H and O–H groups in total. The predicted molar refractivity (Wildman–Crippen MR) is 105 cm³/mol. The first-order chi connectivity index (χ1) is 13.3. The van der Waals surface area contributed by atoms with Gasteiger partial charge in [0, 0.05) is 36.5 Å². The van der Waals surface area contributed by atoms with Gasteiger partial charge in [0.25, 0.3) is 0 Å². The summed E-state index contributed by atoms with van der Waals surface area (Å²) in [6.45, 7) is 4.23. The molecule has 1 saturated heterocycles. The summed E-state index contributed by atoms with van der Waals surface area (Å²) in [4.78, 5) is 31.9. The van der Waals surface area contributed by atoms with Gasteiger partial charge in [0.15, 0.2) is 5.65 Å². The number of benzene rings is 1. The molecule has 1 atom stereocenters. The smallest absolute Gasteiger partial charge is 0.222 e. The van der Waals surface area contributed by atoms with E-state index in [0.29, 0.717) is 52.7 Å². The van der Waals surface area contributed by atoms with Crippen LogP contribution >= 0.6 is 11.6 Å². The van der Waals surface area contributed by atoms with Crippen molar-refractivity contribution in [2.45, 2.75) is 32.6 Å². The molecule has 0 radical (unpaired) electrons. The van der Waals surface area contributed by atoms with Gasteiger partial charge >= 0.3 is 0 Å². The second-order valence-corrected chi connectivity index (χ2v) is 7.57. The van der Waals surface area contributed by atoms with Crippen molar-refractivity contribution >= 4 is 28.7 Å². The first-order valence-electron chi connectivity index (χ1n) is 9.05. The fraction of sp³-hybridized carbons (Fsp3) is 0.350. The van der Waals surface area contributed by atoms with Crippen LogP contribution in [0.25, 0.3) is 22.4 Å². The molecule has 0 aliphatic carbocycles. The molecule has 1 fully saturated rings. The lowest BCUT2D eigenvalue weighted by atomic mass is 9.96. The highest BCUT2D eigenvalue weighted by Crippen LogP contribution is 2.32. The lowest BCUT2D eigenvalue weighted by molar-refractivity contribution is -0.132. The summed E-state index contributed by atoms with van der Waals surface area (Å²) in [6.07, 6.45) is 1.08. The van der Waals surface area contributed by atoms with Gasteiger partial charge in [0.2, 0.25) is 5.91 Å². The zero-order valence-corrected chi connectivity index (χ0v) is 16.6. The Labute approximate surface area is 166 Å². The maximum absolute atomic E-state index is 14.7. The van der Waals surface area contributed by atoms with Crippen LogP contribution in [0, 0.1) is 19.7 Å². The Hall–Kier alpha value is -2.67. The van der Waals surface area contributed by atoms with E-state index in [0.717, 1.165) is 11.4 Å². The second kappa shape index (κ2) is 7.05. The molecule has 0 spiro atoms. The molecular formula is C20H19ClFN5O. The van der Waals surface area contributed by atoms with Crippen molar-refractivity contribution in [1.82, 2.24) is 24.8 Å². The summed E-state index contributed by atoms with van der Waals surface area (Å²) in [6, 6.07) is 4.47. The van der Waals surface area contributed by atoms with Gasteiger partial charge in [0.05, 0.1) is 11.4 Å². The molecule has 3 aromatic rings. The number of aryl methyl sites for hydroxylation is 2. The average molecular weight is 400 g/mol. The van der Waals surface area contributed by atoms with Gasteiger partial charge in [0.1, 0.15) is 22.9 Å². The first-order valence-corrected chi connectivity index (χ1v) is 9.43. The molecular weight excluding hydrogens is 381 g/mol. The number of fused-ring (bicyclic) bond motifs is 1. The van der Waals surface area contributed by atoms with Gasteiger partial charge < -0.3 is 4.90 Å². The van der Waals surface area contributed by atoms with E-state index in [2.05, 4.69) is 19.9 Å². The van der Waals surface area contributed by atoms with E-state index in [4.69, 9.17) is 11.6 Å². The second-order valence-electron chi connectivity index (χ2n) is 7.13. The highest BCUT2D eigenvalue weighted by atomic mass is 35.5. The number of carbonyl (C=O) groups excluding carboxylic acids is 1. The molecule has 1 unspecified atom stereocenters. The molecule has 6 nitrogen and oxygen atoms in total. The van der Waals surface area contributed by atoms with Crippen molar-refractivity contribution in [3.63, 3.8) is 0 Å². The number of piperidine rings is 1. The Bertz CT molecular complexity index is 1100. The Balaban J connectivity index is 1.93. The molecule has 28 heavy (non-hydrogen) atoms. The number of amides is 1. The quantitative estimate of drug-likeness (QED) is 0.654. The minimum Gasteiger partial charge on any atom is -0.345 e. The molecule has 1 aliphatic heterocycles. The molecule has 1 aliphatic rings. The zero-order chi connectivity index (χ0) is 20.0. The minimum atomic E-state index is -0.477. The van der Waals surface area contributed by atoms with Crippen molar-refractivity contribution < 1.29 is 9.18 Å². The summed E-state index contributed by atoms with van der Waals surface area (Å²) >= 11 is 5.91. The van der Waals surface area contributed by atoms with Crippen LogP contribution in [-0.4, -0.2) is 44.3 Å². The molecule has 1 amide bonds. The number of aromatic nitrogens is 4. The summed E-state index contributed by atoms with van der Waals surface area (Å²) in [5.41, 5.74) is 3.07. The average Bonchev–Trinajstić information content (AvgIpc) is 2.64. The molecule has 3 heterocycles. The maximum atomic E-state index is 14.7. The van der Waals surface area contributed by atoms with Crippen molar-refractivity contribution in [3.8, 4) is 11.3 Å². The van der Waals surface area contributed by atoms with Gasteiger partial charge in [-0.1, -0.05) is 11.6 Å². The number of nitrogens with zero attached hydrogens (tertiary/aromatic N) is 5. The van der Waals surface area contributed by atoms with E-state index in [1.807, 2.05) is 13.8 Å². The van der Waals surface area contributed by atoms with Crippen LogP contribution in [0.5, 0.6) is 0 Å². The van der Waals surface area contributed by atoms with Gasteiger partial charge in [-0.25, -0.2) is 24.3 Å². The molecule has 0 bridgehead atoms. The summed E-state index contributed by atoms with van der Waals surface area (Å²) in [5.74, 6) is 0.139. The van der Waals surface area contributed by atoms with Crippen LogP contribution in [-0.2, 0) is 4.79 Å². The fourth-order valence-corrected chi connectivity index (χ4v) is 3.56. The predicted octanol–water partition coefficient (Wildman–Crippen LogP) is 3.83. The van der Waals surface area contributed by atoms with E-state index < -0.39 is 5.82 Å². The van der Waals surface area contributed by atoms with E-state index in [1.165, 1.54) is 6.07 Å². The number of hydrogen-bond donors (Lipinski definition) is 0.